The van der Waals surface area contributed by atoms with Gasteiger partial charge in [0.05, 0.1) is 13.2 Å². The third-order valence-electron chi connectivity index (χ3n) is 3.80. The molecule has 0 spiro atoms. The Morgan fingerprint density at radius 2 is 2.28 bits per heavy atom. The third kappa shape index (κ3) is 3.30. The van der Waals surface area contributed by atoms with Crippen LogP contribution < -0.4 is 0 Å². The number of nitrogens with one attached hydrogen (secondary N) is 1. The van der Waals surface area contributed by atoms with Gasteiger partial charge in [0, 0.05) is 24.3 Å². The van der Waals surface area contributed by atoms with Crippen LogP contribution in [0.4, 0.5) is 0 Å². The summed E-state index contributed by atoms with van der Waals surface area (Å²) < 4.78 is 5.55. The first-order valence-corrected chi connectivity index (χ1v) is 6.86. The van der Waals surface area contributed by atoms with Crippen LogP contribution in [0, 0.1) is 5.41 Å². The minimum absolute atomic E-state index is 0.0749. The van der Waals surface area contributed by atoms with Crippen molar-refractivity contribution in [2.24, 2.45) is 0 Å². The zero-order valence-corrected chi connectivity index (χ0v) is 11.5. The predicted octanol–water partition coefficient (Wildman–Crippen LogP) is 2.78. The minimum Gasteiger partial charge on any atom is -0.378 e. The molecule has 1 fully saturated rings. The molecular weight excluding hydrogens is 224 g/mol. The molecule has 1 saturated heterocycles. The molecule has 0 aromatic heterocycles. The average Bonchev–Trinajstić information content (AvgIpc) is 2.30. The number of rotatable bonds is 2. The zero-order valence-electron chi connectivity index (χ0n) is 11.5. The summed E-state index contributed by atoms with van der Waals surface area (Å²) in [5.41, 5.74) is 2.05. The van der Waals surface area contributed by atoms with Crippen molar-refractivity contribution in [3.63, 3.8) is 0 Å². The van der Waals surface area contributed by atoms with Gasteiger partial charge >= 0.3 is 0 Å². The molecule has 100 valence electrons. The summed E-state index contributed by atoms with van der Waals surface area (Å²) in [6, 6.07) is 0. The standard InChI is InChI=1S/C15H24N2O/c1-15(2)12-18-10-9-17(15)11-13-7-5-3-4-6-8-14(13)16/h3,5,7,16H,4,6,8-12H2,1-2H3/b5-3?,13-7-,16-14?. The van der Waals surface area contributed by atoms with Gasteiger partial charge in [-0.15, -0.1) is 0 Å². The fraction of sp³-hybridized carbons (Fsp3) is 0.667. The van der Waals surface area contributed by atoms with Gasteiger partial charge < -0.3 is 10.1 Å². The molecule has 3 nitrogen and oxygen atoms in total. The quantitative estimate of drug-likeness (QED) is 0.815. The van der Waals surface area contributed by atoms with Crippen LogP contribution in [0.1, 0.15) is 33.1 Å². The average molecular weight is 248 g/mol. The lowest BCUT2D eigenvalue weighted by atomic mass is 9.97. The summed E-state index contributed by atoms with van der Waals surface area (Å²) in [7, 11) is 0. The lowest BCUT2D eigenvalue weighted by Crippen LogP contribution is -2.53. The number of nitrogens with zero attached hydrogens (tertiary/aromatic N) is 1. The van der Waals surface area contributed by atoms with Gasteiger partial charge in [0.25, 0.3) is 0 Å². The van der Waals surface area contributed by atoms with Crippen LogP contribution in [0.3, 0.4) is 0 Å². The van der Waals surface area contributed by atoms with Crippen LogP contribution in [0.15, 0.2) is 23.8 Å². The Morgan fingerprint density at radius 3 is 3.06 bits per heavy atom. The summed E-state index contributed by atoms with van der Waals surface area (Å²) >= 11 is 0. The van der Waals surface area contributed by atoms with E-state index in [1.165, 1.54) is 5.57 Å². The Balaban J connectivity index is 2.08. The summed E-state index contributed by atoms with van der Waals surface area (Å²) in [6.45, 7) is 7.86. The van der Waals surface area contributed by atoms with Crippen LogP contribution in [-0.2, 0) is 4.74 Å². The van der Waals surface area contributed by atoms with Crippen LogP contribution in [0.25, 0.3) is 0 Å². The first-order chi connectivity index (χ1) is 8.59. The molecule has 0 unspecified atom stereocenters. The SMILES string of the molecule is CC1(C)COCCN1C/C1=C/C=CCCCC1=N. The highest BCUT2D eigenvalue weighted by molar-refractivity contribution is 5.98. The zero-order chi connectivity index (χ0) is 13.0. The Morgan fingerprint density at radius 1 is 1.44 bits per heavy atom. The summed E-state index contributed by atoms with van der Waals surface area (Å²) in [5, 5.41) is 8.17. The lowest BCUT2D eigenvalue weighted by molar-refractivity contribution is -0.0456. The van der Waals surface area contributed by atoms with Crippen LogP contribution in [-0.4, -0.2) is 42.5 Å². The Labute approximate surface area is 110 Å². The molecule has 0 radical (unpaired) electrons. The smallest absolute Gasteiger partial charge is 0.0645 e. The number of hydrogen-bond acceptors (Lipinski definition) is 3. The van der Waals surface area contributed by atoms with Crippen molar-refractivity contribution in [1.82, 2.24) is 4.90 Å². The van der Waals surface area contributed by atoms with Crippen molar-refractivity contribution < 1.29 is 4.74 Å². The normalized spacial score (nSPS) is 28.3. The molecule has 0 atom stereocenters. The van der Waals surface area contributed by atoms with E-state index in [2.05, 4.69) is 37.0 Å². The lowest BCUT2D eigenvalue weighted by Gasteiger charge is -2.42. The van der Waals surface area contributed by atoms with Gasteiger partial charge in [-0.2, -0.15) is 0 Å². The maximum absolute atomic E-state index is 8.17. The van der Waals surface area contributed by atoms with Gasteiger partial charge in [0.1, 0.15) is 0 Å². The van der Waals surface area contributed by atoms with Gasteiger partial charge in [-0.25, -0.2) is 0 Å². The van der Waals surface area contributed by atoms with Gasteiger partial charge in [0.2, 0.25) is 0 Å². The van der Waals surface area contributed by atoms with E-state index in [1.807, 2.05) is 0 Å². The molecule has 3 heteroatoms. The first-order valence-electron chi connectivity index (χ1n) is 6.86. The maximum atomic E-state index is 8.17. The second kappa shape index (κ2) is 5.81. The second-order valence-electron chi connectivity index (χ2n) is 5.78. The van der Waals surface area contributed by atoms with Crippen LogP contribution >= 0.6 is 0 Å². The van der Waals surface area contributed by atoms with E-state index in [0.29, 0.717) is 0 Å². The van der Waals surface area contributed by atoms with Crippen molar-refractivity contribution in [2.45, 2.75) is 38.6 Å². The Kier molecular flexibility index (Phi) is 4.36. The molecule has 0 saturated carbocycles. The van der Waals surface area contributed by atoms with Crippen molar-refractivity contribution in [3.05, 3.63) is 23.8 Å². The predicted molar refractivity (Wildman–Crippen MR) is 75.3 cm³/mol. The molecule has 2 rings (SSSR count). The molecule has 0 aromatic rings. The molecule has 2 aliphatic rings. The largest absolute Gasteiger partial charge is 0.378 e. The van der Waals surface area contributed by atoms with Gasteiger partial charge in [-0.05, 0) is 38.7 Å². The first kappa shape index (κ1) is 13.5. The molecule has 18 heavy (non-hydrogen) atoms. The number of morpholine rings is 1. The maximum Gasteiger partial charge on any atom is 0.0645 e. The molecule has 0 aromatic carbocycles. The molecule has 0 amide bonds. The van der Waals surface area contributed by atoms with Gasteiger partial charge in [-0.1, -0.05) is 18.2 Å². The van der Waals surface area contributed by atoms with Gasteiger partial charge in [0.15, 0.2) is 0 Å². The van der Waals surface area contributed by atoms with E-state index < -0.39 is 0 Å². The monoisotopic (exact) mass is 248 g/mol. The van der Waals surface area contributed by atoms with Crippen molar-refractivity contribution in [1.29, 1.82) is 5.41 Å². The van der Waals surface area contributed by atoms with Crippen molar-refractivity contribution >= 4 is 5.71 Å². The van der Waals surface area contributed by atoms with E-state index >= 15 is 0 Å². The summed E-state index contributed by atoms with van der Waals surface area (Å²) in [5.74, 6) is 0. The molecule has 1 heterocycles. The number of ether oxygens (including phenoxy) is 1. The van der Waals surface area contributed by atoms with Crippen LogP contribution in [0.2, 0.25) is 0 Å². The van der Waals surface area contributed by atoms with E-state index in [4.69, 9.17) is 10.1 Å². The highest BCUT2D eigenvalue weighted by Crippen LogP contribution is 2.21. The Bertz CT molecular complexity index is 369. The molecule has 1 aliphatic carbocycles. The third-order valence-corrected chi connectivity index (χ3v) is 3.80. The van der Waals surface area contributed by atoms with Crippen LogP contribution in [0.5, 0.6) is 0 Å². The van der Waals surface area contributed by atoms with Gasteiger partial charge in [-0.3, -0.25) is 4.90 Å². The molecule has 1 aliphatic heterocycles. The van der Waals surface area contributed by atoms with E-state index in [0.717, 1.165) is 51.3 Å². The molecular formula is C15H24N2O. The number of allylic oxidation sites excluding steroid dienone is 3. The molecule has 1 N–H and O–H groups in total. The topological polar surface area (TPSA) is 36.3 Å². The van der Waals surface area contributed by atoms with E-state index in [-0.39, 0.29) is 5.54 Å². The second-order valence-corrected chi connectivity index (χ2v) is 5.78. The van der Waals surface area contributed by atoms with Crippen molar-refractivity contribution in [3.8, 4) is 0 Å². The fourth-order valence-corrected chi connectivity index (χ4v) is 2.48. The molecule has 0 bridgehead atoms. The highest BCUT2D eigenvalue weighted by Gasteiger charge is 2.31. The number of hydrogen-bond donors (Lipinski definition) is 1. The minimum atomic E-state index is 0.0749. The van der Waals surface area contributed by atoms with E-state index in [9.17, 15) is 0 Å². The van der Waals surface area contributed by atoms with E-state index in [1.54, 1.807) is 0 Å². The summed E-state index contributed by atoms with van der Waals surface area (Å²) in [6.07, 6.45) is 9.52. The van der Waals surface area contributed by atoms with Crippen molar-refractivity contribution in [2.75, 3.05) is 26.3 Å². The fourth-order valence-electron chi connectivity index (χ4n) is 2.48. The summed E-state index contributed by atoms with van der Waals surface area (Å²) in [4.78, 5) is 2.44. The Hall–Kier alpha value is -0.930. The highest BCUT2D eigenvalue weighted by atomic mass is 16.5.